The van der Waals surface area contributed by atoms with E-state index in [-0.39, 0.29) is 48.7 Å². The Morgan fingerprint density at radius 1 is 0.606 bits per heavy atom. The second-order valence-electron chi connectivity index (χ2n) is 18.5. The first kappa shape index (κ1) is 54.8. The molecule has 8 N–H and O–H groups in total. The van der Waals surface area contributed by atoms with Gasteiger partial charge in [-0.1, -0.05) is 41.5 Å². The average molecular weight is 987 g/mol. The highest BCUT2D eigenvalue weighted by Gasteiger charge is 2.37. The van der Waals surface area contributed by atoms with Crippen molar-refractivity contribution >= 4 is 94.0 Å². The number of amides is 2. The van der Waals surface area contributed by atoms with Gasteiger partial charge in [0.1, 0.15) is 5.69 Å². The minimum absolute atomic E-state index is 0.0470. The van der Waals surface area contributed by atoms with Crippen molar-refractivity contribution in [1.29, 1.82) is 0 Å². The van der Waals surface area contributed by atoms with Gasteiger partial charge in [-0.25, -0.2) is 16.8 Å². The summed E-state index contributed by atoms with van der Waals surface area (Å²) in [5, 5.41) is 23.2. The molecule has 4 aromatic carbocycles. The molecular weight excluding hydrogens is 921 g/mol. The van der Waals surface area contributed by atoms with Gasteiger partial charge in [-0.05, 0) is 115 Å². The Morgan fingerprint density at radius 3 is 1.30 bits per heavy atom. The van der Waals surface area contributed by atoms with Gasteiger partial charge in [-0.2, -0.15) is 0 Å². The van der Waals surface area contributed by atoms with Crippen LogP contribution in [0.15, 0.2) is 94.7 Å². The van der Waals surface area contributed by atoms with Crippen LogP contribution < -0.4 is 36.4 Å². The molecule has 0 atom stereocenters. The van der Waals surface area contributed by atoms with Crippen LogP contribution in [-0.2, 0) is 38.5 Å². The Hall–Kier alpha value is -5.53. The Balaban J connectivity index is 0.000000351. The first-order valence-corrected chi connectivity index (χ1v) is 29.9. The molecule has 66 heavy (non-hydrogen) atoms. The zero-order chi connectivity index (χ0) is 49.9. The van der Waals surface area contributed by atoms with Crippen molar-refractivity contribution in [2.45, 2.75) is 101 Å². The van der Waals surface area contributed by atoms with E-state index in [2.05, 4.69) is 98.4 Å². The second-order valence-corrected chi connectivity index (χ2v) is 31.5. The van der Waals surface area contributed by atoms with E-state index in [1.165, 1.54) is 80.6 Å². The Morgan fingerprint density at radius 2 is 0.955 bits per heavy atom. The number of hydrogen-bond acceptors (Lipinski definition) is 13. The van der Waals surface area contributed by atoms with Crippen LogP contribution >= 0.6 is 0 Å². The Bertz CT molecular complexity index is 2550. The van der Waals surface area contributed by atoms with Gasteiger partial charge in [0.25, 0.3) is 25.7 Å². The molecule has 4 rings (SSSR count). The largest absolute Gasteiger partial charge is 0.415 e. The van der Waals surface area contributed by atoms with Gasteiger partial charge in [-0.3, -0.25) is 29.1 Å². The van der Waals surface area contributed by atoms with Crippen molar-refractivity contribution in [1.82, 2.24) is 0 Å². The molecule has 0 aliphatic carbocycles. The van der Waals surface area contributed by atoms with Crippen molar-refractivity contribution in [2.75, 3.05) is 62.7 Å². The molecule has 0 aliphatic rings. The number of nitrogens with zero attached hydrogens (tertiary/aromatic N) is 1. The van der Waals surface area contributed by atoms with E-state index in [1.54, 1.807) is 18.2 Å². The van der Waals surface area contributed by atoms with E-state index in [4.69, 9.17) is 14.6 Å². The van der Waals surface area contributed by atoms with Crippen LogP contribution in [0.3, 0.4) is 0 Å². The first-order chi connectivity index (χ1) is 30.3. The summed E-state index contributed by atoms with van der Waals surface area (Å²) in [5.41, 5.74) is 8.66. The van der Waals surface area contributed by atoms with Crippen LogP contribution in [0.25, 0.3) is 0 Å². The van der Waals surface area contributed by atoms with Gasteiger partial charge in [0.15, 0.2) is 16.6 Å². The molecule has 0 fully saturated rings. The van der Waals surface area contributed by atoms with E-state index >= 15 is 0 Å². The zero-order valence-corrected chi connectivity index (χ0v) is 43.5. The molecular formula is C44H66N8O10S2Si2. The number of nitrogen functional groups attached to an aromatic ring is 1. The lowest BCUT2D eigenvalue weighted by Crippen LogP contribution is -2.41. The summed E-state index contributed by atoms with van der Waals surface area (Å²) in [7, 11) is -11.5. The van der Waals surface area contributed by atoms with Crippen molar-refractivity contribution in [3.05, 3.63) is 95.0 Å². The monoisotopic (exact) mass is 986 g/mol. The Labute approximate surface area is 391 Å². The highest BCUT2D eigenvalue weighted by atomic mass is 32.2. The summed E-state index contributed by atoms with van der Waals surface area (Å²) < 4.78 is 67.8. The number of rotatable bonds is 19. The lowest BCUT2D eigenvalue weighted by atomic mass is 10.2. The third kappa shape index (κ3) is 16.4. The topological polar surface area (TPSA) is 262 Å². The number of carbonyl (C=O) groups is 2. The zero-order valence-electron chi connectivity index (χ0n) is 39.8. The van der Waals surface area contributed by atoms with Crippen molar-refractivity contribution in [3.8, 4) is 0 Å². The number of benzene rings is 4. The lowest BCUT2D eigenvalue weighted by molar-refractivity contribution is -0.383. The van der Waals surface area contributed by atoms with Crippen molar-refractivity contribution in [2.24, 2.45) is 0 Å². The molecule has 0 aliphatic heterocycles. The van der Waals surface area contributed by atoms with Gasteiger partial charge in [0.05, 0.1) is 50.7 Å². The molecule has 22 heteroatoms. The van der Waals surface area contributed by atoms with Crippen LogP contribution in [-0.4, -0.2) is 76.5 Å². The normalized spacial score (nSPS) is 12.2. The number of hydrogen-bond donors (Lipinski definition) is 7. The van der Waals surface area contributed by atoms with Gasteiger partial charge in [0, 0.05) is 44.4 Å². The predicted molar refractivity (Wildman–Crippen MR) is 270 cm³/mol. The molecule has 362 valence electrons. The molecule has 0 unspecified atom stereocenters. The number of anilines is 7. The molecule has 0 heterocycles. The van der Waals surface area contributed by atoms with Crippen LogP contribution in [0.1, 0.15) is 55.4 Å². The third-order valence-electron chi connectivity index (χ3n) is 11.1. The number of nitrogens with two attached hydrogens (primary N) is 1. The SMILES string of the molecule is CC(=O)Nc1ccc(S(=O)(=O)Nc2ccc(NCCO[Si](C)(C)C(C)(C)C)c(N)c2)cc1.CC(=O)Nc1ccc(S(=O)(=O)Nc2ccc(NCCO[Si](C)(C)C(C)(C)C)c([N+](=O)[O-])c2)cc1. The maximum Gasteiger partial charge on any atom is 0.294 e. The van der Waals surface area contributed by atoms with E-state index in [0.717, 1.165) is 0 Å². The van der Waals surface area contributed by atoms with E-state index in [0.29, 0.717) is 54.7 Å². The summed E-state index contributed by atoms with van der Waals surface area (Å²) in [6.45, 7) is 26.3. The smallest absolute Gasteiger partial charge is 0.294 e. The number of carbonyl (C=O) groups excluding carboxylic acids is 2. The molecule has 0 saturated carbocycles. The fraction of sp³-hybridized carbons (Fsp3) is 0.409. The van der Waals surface area contributed by atoms with Crippen LogP contribution in [0, 0.1) is 10.1 Å². The van der Waals surface area contributed by atoms with Gasteiger partial charge >= 0.3 is 0 Å². The maximum atomic E-state index is 12.7. The highest BCUT2D eigenvalue weighted by molar-refractivity contribution is 7.93. The first-order valence-electron chi connectivity index (χ1n) is 21.1. The van der Waals surface area contributed by atoms with E-state index in [1.807, 2.05) is 0 Å². The molecule has 0 spiro atoms. The summed E-state index contributed by atoms with van der Waals surface area (Å²) >= 11 is 0. The molecule has 4 aromatic rings. The molecule has 0 bridgehead atoms. The molecule has 0 aromatic heterocycles. The summed E-state index contributed by atoms with van der Waals surface area (Å²) in [6, 6.07) is 20.5. The van der Waals surface area contributed by atoms with E-state index in [9.17, 15) is 36.5 Å². The average Bonchev–Trinajstić information content (AvgIpc) is 3.18. The van der Waals surface area contributed by atoms with Crippen molar-refractivity contribution in [3.63, 3.8) is 0 Å². The molecule has 2 amide bonds. The number of nitro benzene ring substituents is 1. The number of sulfonamides is 2. The molecule has 0 saturated heterocycles. The predicted octanol–water partition coefficient (Wildman–Crippen LogP) is 9.25. The fourth-order valence-corrected chi connectivity index (χ4v) is 9.56. The number of nitrogens with one attached hydrogen (secondary N) is 6. The molecule has 0 radical (unpaired) electrons. The van der Waals surface area contributed by atoms with Gasteiger partial charge in [0.2, 0.25) is 11.8 Å². The van der Waals surface area contributed by atoms with Crippen molar-refractivity contribution < 1.29 is 40.2 Å². The summed E-state index contributed by atoms with van der Waals surface area (Å²) in [4.78, 5) is 33.3. The highest BCUT2D eigenvalue weighted by Crippen LogP contribution is 2.38. The fourth-order valence-electron chi connectivity index (χ4n) is 5.37. The minimum atomic E-state index is -3.99. The van der Waals surface area contributed by atoms with Crippen LogP contribution in [0.4, 0.5) is 45.5 Å². The second kappa shape index (κ2) is 22.3. The quantitative estimate of drug-likeness (QED) is 0.0152. The van der Waals surface area contributed by atoms with Gasteiger partial charge in [-0.15, -0.1) is 0 Å². The van der Waals surface area contributed by atoms with Crippen LogP contribution in [0.5, 0.6) is 0 Å². The minimum Gasteiger partial charge on any atom is -0.415 e. The third-order valence-corrected chi connectivity index (χ3v) is 23.0. The summed E-state index contributed by atoms with van der Waals surface area (Å²) in [5.74, 6) is -0.504. The Kier molecular flexibility index (Phi) is 18.5. The number of nitro groups is 1. The van der Waals surface area contributed by atoms with Gasteiger partial charge < -0.3 is 35.9 Å². The lowest BCUT2D eigenvalue weighted by Gasteiger charge is -2.36. The standard InChI is InChI=1S/C22H32N4O6SSi.C22H34N4O4SSi/c1-16(27)24-17-7-10-19(11-8-17)33(30,31)25-18-9-12-20(21(15-18)26(28)29)23-13-14-32-34(5,6)22(2,3)4;1-16(27)25-17-7-10-19(11-8-17)31(28,29)26-18-9-12-21(20(23)15-18)24-13-14-30-32(5,6)22(2,3)4/h7-12,15,23,25H,13-14H2,1-6H3,(H,24,27);7-12,15,24,26H,13-14,23H2,1-6H3,(H,25,27). The summed E-state index contributed by atoms with van der Waals surface area (Å²) in [6.07, 6.45) is 0. The van der Waals surface area contributed by atoms with Crippen LogP contribution in [0.2, 0.25) is 36.3 Å². The maximum absolute atomic E-state index is 12.7. The van der Waals surface area contributed by atoms with E-state index < -0.39 is 41.6 Å². The molecule has 18 nitrogen and oxygen atoms in total.